The van der Waals surface area contributed by atoms with Gasteiger partial charge in [-0.15, -0.1) is 0 Å². The van der Waals surface area contributed by atoms with E-state index in [1.165, 1.54) is 23.5 Å². The van der Waals surface area contributed by atoms with Crippen molar-refractivity contribution >= 4 is 32.6 Å². The molecule has 2 N–H and O–H groups in total. The third-order valence-corrected chi connectivity index (χ3v) is 5.69. The first kappa shape index (κ1) is 16.0. The fourth-order valence-corrected chi connectivity index (χ4v) is 4.42. The highest BCUT2D eigenvalue weighted by molar-refractivity contribution is 7.22. The molecule has 1 aliphatic rings. The molecule has 3 aromatic rings. The van der Waals surface area contributed by atoms with Crippen molar-refractivity contribution in [1.29, 1.82) is 0 Å². The van der Waals surface area contributed by atoms with Crippen LogP contribution in [0.25, 0.3) is 10.2 Å². The van der Waals surface area contributed by atoms with Crippen molar-refractivity contribution in [3.63, 3.8) is 0 Å². The number of hydrogen-bond acceptors (Lipinski definition) is 4. The lowest BCUT2D eigenvalue weighted by molar-refractivity contribution is 0.0677. The summed E-state index contributed by atoms with van der Waals surface area (Å²) in [5.41, 5.74) is 10.2. The largest absolute Gasteiger partial charge is 0.375 e. The molecular weight excluding hydrogens is 337 g/mol. The molecule has 2 aromatic carbocycles. The van der Waals surface area contributed by atoms with Crippen LogP contribution in [0.15, 0.2) is 30.3 Å². The molecule has 0 radical (unpaired) electrons. The highest BCUT2D eigenvalue weighted by atomic mass is 32.1. The van der Waals surface area contributed by atoms with Crippen LogP contribution in [0.2, 0.25) is 0 Å². The zero-order chi connectivity index (χ0) is 17.7. The molecule has 128 valence electrons. The fourth-order valence-electron chi connectivity index (χ4n) is 3.57. The zero-order valence-electron chi connectivity index (χ0n) is 14.0. The van der Waals surface area contributed by atoms with Gasteiger partial charge in [-0.05, 0) is 61.2 Å². The third-order valence-electron chi connectivity index (χ3n) is 4.86. The van der Waals surface area contributed by atoms with Crippen molar-refractivity contribution in [2.24, 2.45) is 0 Å². The number of rotatable bonds is 1. The lowest BCUT2D eigenvalue weighted by atomic mass is 9.92. The standard InChI is InChI=1S/C19H18FN3OS/c1-10-7-13(8-16-17(10)22-19(21)25-16)18(24)23-6-5-12-3-4-14(20)9-15(12)11(23)2/h3-4,7-9,11H,5-6H2,1-2H3,(H2,21,22)/t11-/m0/s1. The summed E-state index contributed by atoms with van der Waals surface area (Å²) < 4.78 is 14.5. The Morgan fingerprint density at radius 1 is 1.36 bits per heavy atom. The first-order valence-corrected chi connectivity index (χ1v) is 9.01. The van der Waals surface area contributed by atoms with Crippen molar-refractivity contribution < 1.29 is 9.18 Å². The van der Waals surface area contributed by atoms with Crippen molar-refractivity contribution in [2.75, 3.05) is 12.3 Å². The monoisotopic (exact) mass is 355 g/mol. The number of nitrogens with two attached hydrogens (primary N) is 1. The van der Waals surface area contributed by atoms with Gasteiger partial charge in [0.15, 0.2) is 5.13 Å². The second-order valence-electron chi connectivity index (χ2n) is 6.46. The summed E-state index contributed by atoms with van der Waals surface area (Å²) in [7, 11) is 0. The summed E-state index contributed by atoms with van der Waals surface area (Å²) in [6.45, 7) is 4.51. The van der Waals surface area contributed by atoms with Gasteiger partial charge in [-0.25, -0.2) is 9.37 Å². The summed E-state index contributed by atoms with van der Waals surface area (Å²) in [5.74, 6) is -0.309. The lowest BCUT2D eigenvalue weighted by Gasteiger charge is -2.35. The number of halogens is 1. The van der Waals surface area contributed by atoms with Gasteiger partial charge in [0.2, 0.25) is 0 Å². The van der Waals surface area contributed by atoms with Crippen molar-refractivity contribution in [1.82, 2.24) is 9.88 Å². The van der Waals surface area contributed by atoms with E-state index in [0.29, 0.717) is 17.2 Å². The summed E-state index contributed by atoms with van der Waals surface area (Å²) >= 11 is 1.38. The predicted octanol–water partition coefficient (Wildman–Crippen LogP) is 4.09. The third kappa shape index (κ3) is 2.66. The van der Waals surface area contributed by atoms with E-state index in [9.17, 15) is 9.18 Å². The SMILES string of the molecule is Cc1cc(C(=O)N2CCc3ccc(F)cc3[C@@H]2C)cc2sc(N)nc12. The van der Waals surface area contributed by atoms with Crippen LogP contribution < -0.4 is 5.73 Å². The molecule has 0 unspecified atom stereocenters. The smallest absolute Gasteiger partial charge is 0.254 e. The lowest BCUT2D eigenvalue weighted by Crippen LogP contribution is -2.39. The Morgan fingerprint density at radius 2 is 2.16 bits per heavy atom. The van der Waals surface area contributed by atoms with Gasteiger partial charge in [-0.3, -0.25) is 4.79 Å². The van der Waals surface area contributed by atoms with E-state index in [1.54, 1.807) is 0 Å². The molecule has 0 saturated carbocycles. The van der Waals surface area contributed by atoms with Gasteiger partial charge in [-0.2, -0.15) is 0 Å². The number of aryl methyl sites for hydroxylation is 1. The van der Waals surface area contributed by atoms with Crippen LogP contribution in [0.4, 0.5) is 9.52 Å². The molecule has 0 saturated heterocycles. The Labute approximate surface area is 149 Å². The maximum Gasteiger partial charge on any atom is 0.254 e. The molecule has 6 heteroatoms. The van der Waals surface area contributed by atoms with Gasteiger partial charge >= 0.3 is 0 Å². The Balaban J connectivity index is 1.72. The van der Waals surface area contributed by atoms with Crippen molar-refractivity contribution in [2.45, 2.75) is 26.3 Å². The molecule has 2 heterocycles. The number of nitrogens with zero attached hydrogens (tertiary/aromatic N) is 2. The zero-order valence-corrected chi connectivity index (χ0v) is 14.9. The summed E-state index contributed by atoms with van der Waals surface area (Å²) in [6, 6.07) is 8.39. The number of thiazole rings is 1. The van der Waals surface area contributed by atoms with E-state index in [1.807, 2.05) is 36.9 Å². The second-order valence-corrected chi connectivity index (χ2v) is 7.52. The molecule has 25 heavy (non-hydrogen) atoms. The van der Waals surface area contributed by atoms with Gasteiger partial charge in [0.05, 0.1) is 16.3 Å². The van der Waals surface area contributed by atoms with E-state index in [2.05, 4.69) is 4.98 Å². The normalized spacial score (nSPS) is 16.9. The summed E-state index contributed by atoms with van der Waals surface area (Å²) in [5, 5.41) is 0.499. The van der Waals surface area contributed by atoms with Gasteiger partial charge in [0, 0.05) is 12.1 Å². The molecule has 1 amide bonds. The highest BCUT2D eigenvalue weighted by Gasteiger charge is 2.29. The molecule has 0 fully saturated rings. The summed E-state index contributed by atoms with van der Waals surface area (Å²) in [4.78, 5) is 19.2. The first-order valence-electron chi connectivity index (χ1n) is 8.20. The molecule has 1 aromatic heterocycles. The topological polar surface area (TPSA) is 59.2 Å². The van der Waals surface area contributed by atoms with Crippen LogP contribution >= 0.6 is 11.3 Å². The van der Waals surface area contributed by atoms with E-state index in [-0.39, 0.29) is 17.8 Å². The molecule has 0 aliphatic carbocycles. The molecule has 1 aliphatic heterocycles. The van der Waals surface area contributed by atoms with Gasteiger partial charge in [0.25, 0.3) is 5.91 Å². The van der Waals surface area contributed by atoms with Gasteiger partial charge in [0.1, 0.15) is 5.82 Å². The number of aromatic nitrogens is 1. The van der Waals surface area contributed by atoms with Gasteiger partial charge in [-0.1, -0.05) is 17.4 Å². The molecule has 0 spiro atoms. The number of amides is 1. The van der Waals surface area contributed by atoms with E-state index < -0.39 is 0 Å². The molecule has 4 nitrogen and oxygen atoms in total. The average Bonchev–Trinajstić information content (AvgIpc) is 2.96. The minimum atomic E-state index is -0.266. The quantitative estimate of drug-likeness (QED) is 0.715. The number of benzene rings is 2. The molecule has 4 rings (SSSR count). The summed E-state index contributed by atoms with van der Waals surface area (Å²) in [6.07, 6.45) is 0.737. The maximum atomic E-state index is 13.6. The fraction of sp³-hybridized carbons (Fsp3) is 0.263. The number of anilines is 1. The van der Waals surface area contributed by atoms with Crippen LogP contribution in [-0.4, -0.2) is 22.3 Å². The molecule has 0 bridgehead atoms. The Bertz CT molecular complexity index is 998. The van der Waals surface area contributed by atoms with Crippen molar-refractivity contribution in [3.05, 3.63) is 58.4 Å². The van der Waals surface area contributed by atoms with Crippen molar-refractivity contribution in [3.8, 4) is 0 Å². The van der Waals surface area contributed by atoms with Crippen LogP contribution in [0.3, 0.4) is 0 Å². The van der Waals surface area contributed by atoms with Crippen LogP contribution in [0.5, 0.6) is 0 Å². The first-order chi connectivity index (χ1) is 11.9. The predicted molar refractivity (Wildman–Crippen MR) is 98.3 cm³/mol. The molecule has 1 atom stereocenters. The van der Waals surface area contributed by atoms with E-state index >= 15 is 0 Å². The van der Waals surface area contributed by atoms with Crippen LogP contribution in [0, 0.1) is 12.7 Å². The minimum Gasteiger partial charge on any atom is -0.375 e. The number of hydrogen-bond donors (Lipinski definition) is 1. The van der Waals surface area contributed by atoms with Gasteiger partial charge < -0.3 is 10.6 Å². The Kier molecular flexibility index (Phi) is 3.72. The Morgan fingerprint density at radius 3 is 2.96 bits per heavy atom. The van der Waals surface area contributed by atoms with E-state index in [0.717, 1.165) is 33.3 Å². The second kappa shape index (κ2) is 5.81. The Hall–Kier alpha value is -2.47. The maximum absolute atomic E-state index is 13.6. The van der Waals surface area contributed by atoms with E-state index in [4.69, 9.17) is 5.73 Å². The number of nitrogen functional groups attached to an aromatic ring is 1. The van der Waals surface area contributed by atoms with Crippen LogP contribution in [-0.2, 0) is 6.42 Å². The number of fused-ring (bicyclic) bond motifs is 2. The van der Waals surface area contributed by atoms with Crippen LogP contribution in [0.1, 0.15) is 40.0 Å². The minimum absolute atomic E-state index is 0.0422. The average molecular weight is 355 g/mol. The number of carbonyl (C=O) groups is 1. The molecular formula is C19H18FN3OS. The number of carbonyl (C=O) groups excluding carboxylic acids is 1. The highest BCUT2D eigenvalue weighted by Crippen LogP contribution is 2.33.